The lowest BCUT2D eigenvalue weighted by Gasteiger charge is -2.05. The van der Waals surface area contributed by atoms with Crippen molar-refractivity contribution >= 4 is 11.7 Å². The van der Waals surface area contributed by atoms with Crippen LogP contribution in [0.1, 0.15) is 12.8 Å². The van der Waals surface area contributed by atoms with Crippen LogP contribution in [0.15, 0.2) is 5.16 Å². The molecule has 0 aromatic rings. The number of halogens is 3. The highest BCUT2D eigenvalue weighted by Gasteiger charge is 2.36. The molecule has 0 spiro atoms. The first kappa shape index (κ1) is 10.7. The van der Waals surface area contributed by atoms with Gasteiger partial charge in [-0.15, -0.1) is 0 Å². The highest BCUT2D eigenvalue weighted by molar-refractivity contribution is 5.91. The Morgan fingerprint density at radius 1 is 1.33 bits per heavy atom. The molecule has 0 radical (unpaired) electrons. The standard InChI is InChI=1S/C5H6F3NO3/c6-5(7,8)3(9-12)1-2-4(10)11/h12H,1-2H2,(H,10,11). The van der Waals surface area contributed by atoms with Gasteiger partial charge in [0.1, 0.15) is 0 Å². The molecule has 0 amide bonds. The van der Waals surface area contributed by atoms with Crippen LogP contribution in [-0.2, 0) is 4.79 Å². The number of oxime groups is 1. The number of alkyl halides is 3. The summed E-state index contributed by atoms with van der Waals surface area (Å²) in [4.78, 5) is 9.84. The summed E-state index contributed by atoms with van der Waals surface area (Å²) in [5.74, 6) is -1.37. The number of carbonyl (C=O) groups is 1. The van der Waals surface area contributed by atoms with Crippen molar-refractivity contribution in [2.24, 2.45) is 5.16 Å². The largest absolute Gasteiger partial charge is 0.481 e. The number of nitrogens with zero attached hydrogens (tertiary/aromatic N) is 1. The number of carboxylic acids is 1. The molecular formula is C5H6F3NO3. The zero-order valence-electron chi connectivity index (χ0n) is 5.80. The van der Waals surface area contributed by atoms with Crippen LogP contribution in [0.3, 0.4) is 0 Å². The average Bonchev–Trinajstić information content (AvgIpc) is 1.85. The number of aliphatic carboxylic acids is 1. The van der Waals surface area contributed by atoms with E-state index in [0.717, 1.165) is 0 Å². The monoisotopic (exact) mass is 185 g/mol. The molecule has 7 heteroatoms. The molecule has 0 saturated carbocycles. The highest BCUT2D eigenvalue weighted by atomic mass is 19.4. The van der Waals surface area contributed by atoms with E-state index >= 15 is 0 Å². The van der Waals surface area contributed by atoms with Crippen LogP contribution >= 0.6 is 0 Å². The van der Waals surface area contributed by atoms with Gasteiger partial charge < -0.3 is 10.3 Å². The van der Waals surface area contributed by atoms with E-state index in [0.29, 0.717) is 0 Å². The van der Waals surface area contributed by atoms with Gasteiger partial charge in [-0.1, -0.05) is 5.16 Å². The lowest BCUT2D eigenvalue weighted by Crippen LogP contribution is -2.23. The first-order valence-corrected chi connectivity index (χ1v) is 2.88. The van der Waals surface area contributed by atoms with Gasteiger partial charge in [0, 0.05) is 6.42 Å². The Morgan fingerprint density at radius 3 is 2.08 bits per heavy atom. The van der Waals surface area contributed by atoms with E-state index in [1.165, 1.54) is 0 Å². The van der Waals surface area contributed by atoms with Crippen LogP contribution < -0.4 is 0 Å². The summed E-state index contributed by atoms with van der Waals surface area (Å²) in [5.41, 5.74) is -1.48. The molecule has 0 unspecified atom stereocenters. The van der Waals surface area contributed by atoms with E-state index in [1.807, 2.05) is 5.16 Å². The summed E-state index contributed by atoms with van der Waals surface area (Å²) in [5, 5.41) is 17.8. The second kappa shape index (κ2) is 3.93. The summed E-state index contributed by atoms with van der Waals surface area (Å²) in [6.45, 7) is 0. The maximum atomic E-state index is 11.7. The van der Waals surface area contributed by atoms with Crippen molar-refractivity contribution < 1.29 is 28.3 Å². The normalized spacial score (nSPS) is 13.1. The third-order valence-corrected chi connectivity index (χ3v) is 1.02. The van der Waals surface area contributed by atoms with E-state index in [2.05, 4.69) is 0 Å². The van der Waals surface area contributed by atoms with Gasteiger partial charge in [0.25, 0.3) is 0 Å². The minimum Gasteiger partial charge on any atom is -0.481 e. The third-order valence-electron chi connectivity index (χ3n) is 1.02. The van der Waals surface area contributed by atoms with Crippen molar-refractivity contribution in [1.29, 1.82) is 0 Å². The summed E-state index contributed by atoms with van der Waals surface area (Å²) in [6.07, 6.45) is -6.29. The Morgan fingerprint density at radius 2 is 1.83 bits per heavy atom. The van der Waals surface area contributed by atoms with Crippen LogP contribution in [0.2, 0.25) is 0 Å². The Kier molecular flexibility index (Phi) is 3.52. The average molecular weight is 185 g/mol. The molecule has 0 aliphatic carbocycles. The fourth-order valence-corrected chi connectivity index (χ4v) is 0.474. The maximum Gasteiger partial charge on any atom is 0.432 e. The predicted molar refractivity (Wildman–Crippen MR) is 32.1 cm³/mol. The molecule has 0 aromatic carbocycles. The van der Waals surface area contributed by atoms with E-state index in [9.17, 15) is 18.0 Å². The number of carboxylic acid groups (broad SMARTS) is 1. The molecule has 0 heterocycles. The molecule has 0 aromatic heterocycles. The number of hydrogen-bond acceptors (Lipinski definition) is 3. The maximum absolute atomic E-state index is 11.7. The van der Waals surface area contributed by atoms with Crippen LogP contribution in [0.25, 0.3) is 0 Å². The molecule has 2 N–H and O–H groups in total. The van der Waals surface area contributed by atoms with Gasteiger partial charge in [0.2, 0.25) is 0 Å². The topological polar surface area (TPSA) is 69.9 Å². The SMILES string of the molecule is O=C(O)CCC(=NO)C(F)(F)F. The first-order valence-electron chi connectivity index (χ1n) is 2.88. The predicted octanol–water partition coefficient (Wildman–Crippen LogP) is 1.24. The summed E-state index contributed by atoms with van der Waals surface area (Å²) in [6, 6.07) is 0. The zero-order chi connectivity index (χ0) is 9.78. The third kappa shape index (κ3) is 3.79. The van der Waals surface area contributed by atoms with Gasteiger partial charge in [-0.3, -0.25) is 4.79 Å². The Hall–Kier alpha value is -1.27. The summed E-state index contributed by atoms with van der Waals surface area (Å²) >= 11 is 0. The highest BCUT2D eigenvalue weighted by Crippen LogP contribution is 2.19. The molecule has 0 bridgehead atoms. The molecule has 0 rings (SSSR count). The molecule has 0 fully saturated rings. The van der Waals surface area contributed by atoms with Gasteiger partial charge in [-0.2, -0.15) is 13.2 Å². The Balaban J connectivity index is 4.13. The molecule has 0 aliphatic rings. The van der Waals surface area contributed by atoms with Crippen LogP contribution in [-0.4, -0.2) is 28.2 Å². The van der Waals surface area contributed by atoms with E-state index < -0.39 is 30.7 Å². The minimum atomic E-state index is -4.76. The van der Waals surface area contributed by atoms with Gasteiger partial charge in [-0.05, 0) is 0 Å². The van der Waals surface area contributed by atoms with E-state index in [1.54, 1.807) is 0 Å². The van der Waals surface area contributed by atoms with Crippen molar-refractivity contribution in [3.63, 3.8) is 0 Å². The quantitative estimate of drug-likeness (QED) is 0.394. The van der Waals surface area contributed by atoms with Gasteiger partial charge in [0.05, 0.1) is 6.42 Å². The Labute approximate surface area is 65.3 Å². The number of hydrogen-bond donors (Lipinski definition) is 2. The van der Waals surface area contributed by atoms with Crippen LogP contribution in [0.5, 0.6) is 0 Å². The van der Waals surface area contributed by atoms with Gasteiger partial charge >= 0.3 is 12.1 Å². The lowest BCUT2D eigenvalue weighted by molar-refractivity contribution is -0.136. The summed E-state index contributed by atoms with van der Waals surface area (Å²) < 4.78 is 35.1. The fraction of sp³-hybridized carbons (Fsp3) is 0.600. The van der Waals surface area contributed by atoms with Crippen LogP contribution in [0.4, 0.5) is 13.2 Å². The fourth-order valence-electron chi connectivity index (χ4n) is 0.474. The summed E-state index contributed by atoms with van der Waals surface area (Å²) in [7, 11) is 0. The van der Waals surface area contributed by atoms with Crippen molar-refractivity contribution in [2.75, 3.05) is 0 Å². The molecular weight excluding hydrogens is 179 g/mol. The van der Waals surface area contributed by atoms with Crippen molar-refractivity contribution in [2.45, 2.75) is 19.0 Å². The van der Waals surface area contributed by atoms with Crippen LogP contribution in [0, 0.1) is 0 Å². The molecule has 4 nitrogen and oxygen atoms in total. The minimum absolute atomic E-state index is 0.709. The van der Waals surface area contributed by atoms with Crippen molar-refractivity contribution in [3.05, 3.63) is 0 Å². The molecule has 70 valence electrons. The lowest BCUT2D eigenvalue weighted by atomic mass is 10.2. The molecule has 12 heavy (non-hydrogen) atoms. The second-order valence-corrected chi connectivity index (χ2v) is 1.94. The van der Waals surface area contributed by atoms with Gasteiger partial charge in [-0.25, -0.2) is 0 Å². The number of rotatable bonds is 3. The van der Waals surface area contributed by atoms with Crippen molar-refractivity contribution in [3.8, 4) is 0 Å². The molecule has 0 aliphatic heterocycles. The Bertz CT molecular complexity index is 199. The molecule has 0 atom stereocenters. The van der Waals surface area contributed by atoms with E-state index in [-0.39, 0.29) is 0 Å². The van der Waals surface area contributed by atoms with E-state index in [4.69, 9.17) is 10.3 Å². The van der Waals surface area contributed by atoms with Gasteiger partial charge in [0.15, 0.2) is 5.71 Å². The first-order chi connectivity index (χ1) is 5.38. The molecule has 0 saturated heterocycles. The van der Waals surface area contributed by atoms with Crippen molar-refractivity contribution in [1.82, 2.24) is 0 Å². The smallest absolute Gasteiger partial charge is 0.432 e. The zero-order valence-corrected chi connectivity index (χ0v) is 5.80. The second-order valence-electron chi connectivity index (χ2n) is 1.94.